The predicted molar refractivity (Wildman–Crippen MR) is 99.6 cm³/mol. The lowest BCUT2D eigenvalue weighted by Gasteiger charge is -2.23. The number of carbonyl (C=O) groups excluding carboxylic acids is 1. The van der Waals surface area contributed by atoms with Gasteiger partial charge in [0, 0.05) is 24.0 Å². The molecule has 1 amide bonds. The highest BCUT2D eigenvalue weighted by Crippen LogP contribution is 2.26. The summed E-state index contributed by atoms with van der Waals surface area (Å²) in [7, 11) is 0. The van der Waals surface area contributed by atoms with E-state index in [1.165, 1.54) is 0 Å². The van der Waals surface area contributed by atoms with Gasteiger partial charge in [-0.2, -0.15) is 4.98 Å². The monoisotopic (exact) mass is 372 g/mol. The fraction of sp³-hybridized carbons (Fsp3) is 0.412. The first kappa shape index (κ1) is 16.8. The summed E-state index contributed by atoms with van der Waals surface area (Å²) in [5.74, 6) is 1.26. The van der Waals surface area contributed by atoms with Crippen LogP contribution in [0.5, 0.6) is 0 Å². The van der Waals surface area contributed by atoms with Crippen LogP contribution in [0.4, 0.5) is 16.6 Å². The molecule has 3 aromatic heterocycles. The number of ether oxygens (including phenoxy) is 1. The zero-order chi connectivity index (χ0) is 18.3. The number of carbonyl (C=O) groups is 1. The normalized spacial score (nSPS) is 18.5. The number of rotatable bonds is 5. The Hall–Kier alpha value is -2.68. The molecule has 8 nitrogen and oxygen atoms in total. The SMILES string of the molecule is CC(C)C1COC(=O)N1c1ccnc(N[C@H](C)c2cn3ccsc3n2)n1. The van der Waals surface area contributed by atoms with Gasteiger partial charge >= 0.3 is 6.09 Å². The lowest BCUT2D eigenvalue weighted by molar-refractivity contribution is 0.177. The molecule has 1 aliphatic rings. The van der Waals surface area contributed by atoms with Crippen molar-refractivity contribution in [2.75, 3.05) is 16.8 Å². The summed E-state index contributed by atoms with van der Waals surface area (Å²) in [5.41, 5.74) is 0.909. The van der Waals surface area contributed by atoms with Gasteiger partial charge in [0.1, 0.15) is 12.4 Å². The fourth-order valence-corrected chi connectivity index (χ4v) is 3.67. The lowest BCUT2D eigenvalue weighted by Crippen LogP contribution is -2.37. The smallest absolute Gasteiger partial charge is 0.415 e. The summed E-state index contributed by atoms with van der Waals surface area (Å²) in [6, 6.07) is 1.64. The molecule has 1 aliphatic heterocycles. The molecule has 2 atom stereocenters. The van der Waals surface area contributed by atoms with E-state index >= 15 is 0 Å². The van der Waals surface area contributed by atoms with Crippen molar-refractivity contribution in [3.63, 3.8) is 0 Å². The van der Waals surface area contributed by atoms with E-state index in [2.05, 4.69) is 34.1 Å². The summed E-state index contributed by atoms with van der Waals surface area (Å²) < 4.78 is 7.19. The molecule has 136 valence electrons. The van der Waals surface area contributed by atoms with Gasteiger partial charge in [-0.25, -0.2) is 14.8 Å². The molecule has 0 bridgehead atoms. The van der Waals surface area contributed by atoms with Gasteiger partial charge in [-0.1, -0.05) is 13.8 Å². The number of fused-ring (bicyclic) bond motifs is 1. The van der Waals surface area contributed by atoms with Gasteiger partial charge in [-0.05, 0) is 18.9 Å². The molecule has 0 radical (unpaired) electrons. The van der Waals surface area contributed by atoms with E-state index in [0.717, 1.165) is 10.7 Å². The maximum Gasteiger partial charge on any atom is 0.415 e. The third kappa shape index (κ3) is 2.98. The van der Waals surface area contributed by atoms with Crippen molar-refractivity contribution in [1.82, 2.24) is 19.4 Å². The topological polar surface area (TPSA) is 84.7 Å². The van der Waals surface area contributed by atoms with Gasteiger partial charge in [0.15, 0.2) is 4.96 Å². The Kier molecular flexibility index (Phi) is 4.23. The number of amides is 1. The molecule has 0 aromatic carbocycles. The molecule has 26 heavy (non-hydrogen) atoms. The maximum atomic E-state index is 12.1. The number of imidazole rings is 1. The van der Waals surface area contributed by atoms with Crippen molar-refractivity contribution in [2.45, 2.75) is 32.9 Å². The standard InChI is InChI=1S/C17H20N6O2S/c1-10(2)13-9-25-17(24)23(13)14-4-5-18-15(21-14)19-11(3)12-8-22-6-7-26-16(22)20-12/h4-8,10-11,13H,9H2,1-3H3,(H,18,19,21)/t11-,13?/m1/s1. The van der Waals surface area contributed by atoms with Crippen LogP contribution in [0.25, 0.3) is 4.96 Å². The Bertz CT molecular complexity index is 908. The van der Waals surface area contributed by atoms with E-state index < -0.39 is 0 Å². The second-order valence-electron chi connectivity index (χ2n) is 6.62. The van der Waals surface area contributed by atoms with Crippen LogP contribution in [0.15, 0.2) is 30.0 Å². The van der Waals surface area contributed by atoms with Crippen molar-refractivity contribution in [2.24, 2.45) is 5.92 Å². The van der Waals surface area contributed by atoms with Crippen LogP contribution in [0.3, 0.4) is 0 Å². The van der Waals surface area contributed by atoms with Gasteiger partial charge in [0.05, 0.1) is 17.8 Å². The number of nitrogens with one attached hydrogen (secondary N) is 1. The molecule has 0 aliphatic carbocycles. The molecule has 3 aromatic rings. The van der Waals surface area contributed by atoms with Gasteiger partial charge in [-0.3, -0.25) is 9.30 Å². The Labute approximate surface area is 154 Å². The van der Waals surface area contributed by atoms with Crippen LogP contribution in [-0.2, 0) is 4.74 Å². The second-order valence-corrected chi connectivity index (χ2v) is 7.49. The van der Waals surface area contributed by atoms with Gasteiger partial charge in [-0.15, -0.1) is 11.3 Å². The Morgan fingerprint density at radius 2 is 2.19 bits per heavy atom. The van der Waals surface area contributed by atoms with Crippen molar-refractivity contribution in [1.29, 1.82) is 0 Å². The lowest BCUT2D eigenvalue weighted by atomic mass is 10.0. The van der Waals surface area contributed by atoms with E-state index in [-0.39, 0.29) is 24.1 Å². The molecule has 4 heterocycles. The van der Waals surface area contributed by atoms with Crippen molar-refractivity contribution >= 4 is 34.2 Å². The average molecular weight is 372 g/mol. The Morgan fingerprint density at radius 1 is 1.35 bits per heavy atom. The maximum absolute atomic E-state index is 12.1. The number of aromatic nitrogens is 4. The third-order valence-electron chi connectivity index (χ3n) is 4.46. The van der Waals surface area contributed by atoms with Crippen LogP contribution < -0.4 is 10.2 Å². The molecule has 1 unspecified atom stereocenters. The number of nitrogens with zero attached hydrogens (tertiary/aromatic N) is 5. The van der Waals surface area contributed by atoms with Crippen LogP contribution in [0, 0.1) is 5.92 Å². The molecule has 1 saturated heterocycles. The quantitative estimate of drug-likeness (QED) is 0.739. The molecule has 1 N–H and O–H groups in total. The Balaban J connectivity index is 1.55. The van der Waals surface area contributed by atoms with Gasteiger partial charge in [0.2, 0.25) is 5.95 Å². The zero-order valence-corrected chi connectivity index (χ0v) is 15.6. The highest BCUT2D eigenvalue weighted by atomic mass is 32.1. The third-order valence-corrected chi connectivity index (χ3v) is 5.24. The molecule has 1 fully saturated rings. The summed E-state index contributed by atoms with van der Waals surface area (Å²) >= 11 is 1.59. The molecule has 4 rings (SSSR count). The summed E-state index contributed by atoms with van der Waals surface area (Å²) in [4.78, 5) is 28.1. The second kappa shape index (κ2) is 6.56. The number of cyclic esters (lactones) is 1. The fourth-order valence-electron chi connectivity index (χ4n) is 2.96. The van der Waals surface area contributed by atoms with Crippen molar-refractivity contribution < 1.29 is 9.53 Å². The minimum atomic E-state index is -0.365. The van der Waals surface area contributed by atoms with Crippen LogP contribution in [0.2, 0.25) is 0 Å². The minimum Gasteiger partial charge on any atom is -0.447 e. The zero-order valence-electron chi connectivity index (χ0n) is 14.8. The summed E-state index contributed by atoms with van der Waals surface area (Å²) in [5, 5.41) is 5.26. The van der Waals surface area contributed by atoms with Gasteiger partial charge in [0.25, 0.3) is 0 Å². The number of hydrogen-bond donors (Lipinski definition) is 1. The van der Waals surface area contributed by atoms with Crippen LogP contribution in [0.1, 0.15) is 32.5 Å². The molecule has 0 spiro atoms. The summed E-state index contributed by atoms with van der Waals surface area (Å²) in [6.45, 7) is 6.51. The molecular weight excluding hydrogens is 352 g/mol. The predicted octanol–water partition coefficient (Wildman–Crippen LogP) is 3.34. The van der Waals surface area contributed by atoms with E-state index in [9.17, 15) is 4.79 Å². The number of anilines is 2. The minimum absolute atomic E-state index is 0.0254. The Morgan fingerprint density at radius 3 is 2.96 bits per heavy atom. The van der Waals surface area contributed by atoms with Crippen LogP contribution >= 0.6 is 11.3 Å². The van der Waals surface area contributed by atoms with Gasteiger partial charge < -0.3 is 10.1 Å². The highest BCUT2D eigenvalue weighted by molar-refractivity contribution is 7.15. The summed E-state index contributed by atoms with van der Waals surface area (Å²) in [6.07, 6.45) is 5.24. The first-order chi connectivity index (χ1) is 12.5. The first-order valence-corrected chi connectivity index (χ1v) is 9.38. The average Bonchev–Trinajstić information content (AvgIpc) is 3.28. The number of thiazole rings is 1. The van der Waals surface area contributed by atoms with Crippen LogP contribution in [-0.4, -0.2) is 38.1 Å². The first-order valence-electron chi connectivity index (χ1n) is 8.50. The van der Waals surface area contributed by atoms with Crippen molar-refractivity contribution in [3.05, 3.63) is 35.7 Å². The van der Waals surface area contributed by atoms with E-state index in [0.29, 0.717) is 18.4 Å². The molecular formula is C17H20N6O2S. The number of hydrogen-bond acceptors (Lipinski definition) is 7. The van der Waals surface area contributed by atoms with E-state index in [1.807, 2.05) is 29.1 Å². The van der Waals surface area contributed by atoms with E-state index in [4.69, 9.17) is 4.74 Å². The molecule has 9 heteroatoms. The highest BCUT2D eigenvalue weighted by Gasteiger charge is 2.37. The van der Waals surface area contributed by atoms with E-state index in [1.54, 1.807) is 28.5 Å². The van der Waals surface area contributed by atoms with Crippen molar-refractivity contribution in [3.8, 4) is 0 Å². The largest absolute Gasteiger partial charge is 0.447 e. The molecule has 0 saturated carbocycles.